The zero-order valence-corrected chi connectivity index (χ0v) is 12.6. The van der Waals surface area contributed by atoms with Gasteiger partial charge in [-0.2, -0.15) is 0 Å². The summed E-state index contributed by atoms with van der Waals surface area (Å²) < 4.78 is 24.5. The summed E-state index contributed by atoms with van der Waals surface area (Å²) in [5, 5.41) is 11.1. The van der Waals surface area contributed by atoms with Crippen LogP contribution in [0.25, 0.3) is 0 Å². The lowest BCUT2D eigenvalue weighted by molar-refractivity contribution is 0.0960. The van der Waals surface area contributed by atoms with E-state index in [-0.39, 0.29) is 24.8 Å². The lowest BCUT2D eigenvalue weighted by Crippen LogP contribution is -2.32. The largest absolute Gasteiger partial charge is 0.395 e. The van der Waals surface area contributed by atoms with Crippen LogP contribution in [0.15, 0.2) is 12.1 Å². The standard InChI is InChI=1S/C12H16N2O4S2/c1-13-20(17,18)9-7-14-12(16)11-6-5-10(19-11)4-2-3-8-15/h5-6,13,15H,3,7-9H2,1H3,(H,14,16). The van der Waals surface area contributed by atoms with Crippen LogP contribution in [0.2, 0.25) is 0 Å². The van der Waals surface area contributed by atoms with Crippen LogP contribution in [0.1, 0.15) is 21.0 Å². The average molecular weight is 316 g/mol. The van der Waals surface area contributed by atoms with E-state index in [9.17, 15) is 13.2 Å². The van der Waals surface area contributed by atoms with Crippen LogP contribution >= 0.6 is 11.3 Å². The first-order chi connectivity index (χ1) is 9.48. The van der Waals surface area contributed by atoms with E-state index in [1.165, 1.54) is 18.4 Å². The van der Waals surface area contributed by atoms with Crippen molar-refractivity contribution in [3.63, 3.8) is 0 Å². The highest BCUT2D eigenvalue weighted by Crippen LogP contribution is 2.15. The molecule has 0 radical (unpaired) electrons. The Morgan fingerprint density at radius 1 is 1.45 bits per heavy atom. The van der Waals surface area contributed by atoms with Crippen LogP contribution in [-0.2, 0) is 10.0 Å². The van der Waals surface area contributed by atoms with Gasteiger partial charge in [0.15, 0.2) is 0 Å². The molecule has 0 saturated heterocycles. The summed E-state index contributed by atoms with van der Waals surface area (Å²) in [6.45, 7) is 0.0527. The van der Waals surface area contributed by atoms with Gasteiger partial charge in [0.1, 0.15) is 0 Å². The summed E-state index contributed by atoms with van der Waals surface area (Å²) in [6, 6.07) is 3.35. The minimum absolute atomic E-state index is 0.00561. The third-order valence-corrected chi connectivity index (χ3v) is 4.61. The van der Waals surface area contributed by atoms with E-state index >= 15 is 0 Å². The lowest BCUT2D eigenvalue weighted by Gasteiger charge is -2.03. The molecule has 0 fully saturated rings. The molecule has 0 atom stereocenters. The molecule has 0 aliphatic heterocycles. The fourth-order valence-corrected chi connectivity index (χ4v) is 2.59. The number of aliphatic hydroxyl groups excluding tert-OH is 1. The predicted octanol–water partition coefficient (Wildman–Crippen LogP) is -0.239. The highest BCUT2D eigenvalue weighted by atomic mass is 32.2. The zero-order valence-electron chi connectivity index (χ0n) is 11.0. The van der Waals surface area contributed by atoms with Crippen molar-refractivity contribution in [2.24, 2.45) is 0 Å². The molecule has 110 valence electrons. The molecule has 0 spiro atoms. The molecule has 1 amide bonds. The Morgan fingerprint density at radius 3 is 2.85 bits per heavy atom. The van der Waals surface area contributed by atoms with E-state index in [1.54, 1.807) is 12.1 Å². The van der Waals surface area contributed by atoms with Crippen molar-refractivity contribution in [2.75, 3.05) is 26.0 Å². The van der Waals surface area contributed by atoms with E-state index < -0.39 is 10.0 Å². The second kappa shape index (κ2) is 8.01. The quantitative estimate of drug-likeness (QED) is 0.631. The lowest BCUT2D eigenvalue weighted by atomic mass is 10.4. The number of aliphatic hydroxyl groups is 1. The molecule has 0 bridgehead atoms. The first-order valence-corrected chi connectivity index (χ1v) is 8.34. The highest BCUT2D eigenvalue weighted by Gasteiger charge is 2.11. The molecule has 0 aliphatic rings. The van der Waals surface area contributed by atoms with Gasteiger partial charge in [-0.15, -0.1) is 11.3 Å². The van der Waals surface area contributed by atoms with Gasteiger partial charge < -0.3 is 10.4 Å². The Balaban J connectivity index is 2.51. The number of hydrogen-bond acceptors (Lipinski definition) is 5. The van der Waals surface area contributed by atoms with Crippen molar-refractivity contribution in [3.8, 4) is 11.8 Å². The highest BCUT2D eigenvalue weighted by molar-refractivity contribution is 7.89. The Labute approximate surface area is 122 Å². The molecule has 1 heterocycles. The van der Waals surface area contributed by atoms with Crippen LogP contribution in [0.3, 0.4) is 0 Å². The van der Waals surface area contributed by atoms with Crippen molar-refractivity contribution < 1.29 is 18.3 Å². The molecule has 8 heteroatoms. The van der Waals surface area contributed by atoms with Gasteiger partial charge in [0, 0.05) is 13.0 Å². The number of rotatable bonds is 6. The van der Waals surface area contributed by atoms with Crippen LogP contribution in [-0.4, -0.2) is 45.4 Å². The van der Waals surface area contributed by atoms with Crippen LogP contribution in [0.4, 0.5) is 0 Å². The summed E-state index contributed by atoms with van der Waals surface area (Å²) in [4.78, 5) is 13.0. The number of carbonyl (C=O) groups is 1. The molecule has 1 aromatic heterocycles. The Kier molecular flexibility index (Phi) is 6.67. The Morgan fingerprint density at radius 2 is 2.20 bits per heavy atom. The molecule has 0 aliphatic carbocycles. The molecule has 6 nitrogen and oxygen atoms in total. The van der Waals surface area contributed by atoms with Crippen molar-refractivity contribution in [3.05, 3.63) is 21.9 Å². The molecule has 0 aromatic carbocycles. The van der Waals surface area contributed by atoms with Gasteiger partial charge in [-0.05, 0) is 19.2 Å². The third kappa shape index (κ3) is 5.71. The van der Waals surface area contributed by atoms with Crippen LogP contribution in [0, 0.1) is 11.8 Å². The van der Waals surface area contributed by atoms with E-state index in [2.05, 4.69) is 21.9 Å². The van der Waals surface area contributed by atoms with Crippen LogP contribution < -0.4 is 10.0 Å². The van der Waals surface area contributed by atoms with E-state index in [0.717, 1.165) is 4.88 Å². The average Bonchev–Trinajstić information content (AvgIpc) is 2.88. The third-order valence-electron chi connectivity index (χ3n) is 2.25. The van der Waals surface area contributed by atoms with Crippen molar-refractivity contribution in [1.29, 1.82) is 0 Å². The summed E-state index contributed by atoms with van der Waals surface area (Å²) in [7, 11) is -1.99. The van der Waals surface area contributed by atoms with E-state index in [4.69, 9.17) is 5.11 Å². The Hall–Kier alpha value is -1.40. The van der Waals surface area contributed by atoms with Gasteiger partial charge >= 0.3 is 0 Å². The number of nitrogens with one attached hydrogen (secondary N) is 2. The summed E-state index contributed by atoms with van der Waals surface area (Å²) in [5.74, 6) is 5.11. The molecule has 0 saturated carbocycles. The number of hydrogen-bond donors (Lipinski definition) is 3. The molecule has 20 heavy (non-hydrogen) atoms. The van der Waals surface area contributed by atoms with Gasteiger partial charge in [0.25, 0.3) is 5.91 Å². The summed E-state index contributed by atoms with van der Waals surface area (Å²) >= 11 is 1.22. The molecule has 0 unspecified atom stereocenters. The molecule has 1 rings (SSSR count). The fourth-order valence-electron chi connectivity index (χ4n) is 1.22. The van der Waals surface area contributed by atoms with Gasteiger partial charge in [-0.25, -0.2) is 13.1 Å². The van der Waals surface area contributed by atoms with Gasteiger partial charge in [0.05, 0.1) is 22.1 Å². The topological polar surface area (TPSA) is 95.5 Å². The number of sulfonamides is 1. The van der Waals surface area contributed by atoms with Gasteiger partial charge in [-0.3, -0.25) is 4.79 Å². The fraction of sp³-hybridized carbons (Fsp3) is 0.417. The summed E-state index contributed by atoms with van der Waals surface area (Å²) in [5.41, 5.74) is 0. The maximum Gasteiger partial charge on any atom is 0.261 e. The smallest absolute Gasteiger partial charge is 0.261 e. The summed E-state index contributed by atoms with van der Waals surface area (Å²) in [6.07, 6.45) is 0.390. The molecular weight excluding hydrogens is 300 g/mol. The monoisotopic (exact) mass is 316 g/mol. The predicted molar refractivity (Wildman–Crippen MR) is 78.1 cm³/mol. The second-order valence-corrected chi connectivity index (χ2v) is 6.85. The second-order valence-electron chi connectivity index (χ2n) is 3.72. The minimum atomic E-state index is -3.31. The van der Waals surface area contributed by atoms with Crippen molar-refractivity contribution in [2.45, 2.75) is 6.42 Å². The van der Waals surface area contributed by atoms with E-state index in [0.29, 0.717) is 11.3 Å². The van der Waals surface area contributed by atoms with Gasteiger partial charge in [-0.1, -0.05) is 11.8 Å². The van der Waals surface area contributed by atoms with E-state index in [1.807, 2.05) is 0 Å². The van der Waals surface area contributed by atoms with Crippen LogP contribution in [0.5, 0.6) is 0 Å². The molecule has 1 aromatic rings. The number of thiophene rings is 1. The SMILES string of the molecule is CNS(=O)(=O)CCNC(=O)c1ccc(C#CCCO)s1. The zero-order chi connectivity index (χ0) is 15.0. The normalized spacial score (nSPS) is 10.7. The minimum Gasteiger partial charge on any atom is -0.395 e. The maximum atomic E-state index is 11.8. The number of carbonyl (C=O) groups excluding carboxylic acids is 1. The maximum absolute atomic E-state index is 11.8. The Bertz CT molecular complexity index is 611. The van der Waals surface area contributed by atoms with Gasteiger partial charge in [0.2, 0.25) is 10.0 Å². The molecule has 3 N–H and O–H groups in total. The molecular formula is C12H16N2O4S2. The van der Waals surface area contributed by atoms with Crippen molar-refractivity contribution >= 4 is 27.3 Å². The number of amides is 1. The first-order valence-electron chi connectivity index (χ1n) is 5.87. The first kappa shape index (κ1) is 16.7. The van der Waals surface area contributed by atoms with Crippen molar-refractivity contribution in [1.82, 2.24) is 10.0 Å².